The van der Waals surface area contributed by atoms with Crippen LogP contribution in [0.3, 0.4) is 0 Å². The van der Waals surface area contributed by atoms with E-state index in [1.807, 2.05) is 20.8 Å². The van der Waals surface area contributed by atoms with Crippen LogP contribution in [0.15, 0.2) is 0 Å². The van der Waals surface area contributed by atoms with E-state index in [-0.39, 0.29) is 12.1 Å². The van der Waals surface area contributed by atoms with Gasteiger partial charge in [0, 0.05) is 58.4 Å². The smallest absolute Gasteiger partial charge is 0.407 e. The maximum Gasteiger partial charge on any atom is 0.407 e. The summed E-state index contributed by atoms with van der Waals surface area (Å²) in [6.07, 6.45) is 2.42. The van der Waals surface area contributed by atoms with Crippen LogP contribution in [-0.4, -0.2) is 75.0 Å². The zero-order valence-corrected chi connectivity index (χ0v) is 16.4. The minimum absolute atomic E-state index is 0.114. The zero-order chi connectivity index (χ0) is 19.1. The molecule has 0 aliphatic heterocycles. The van der Waals surface area contributed by atoms with Gasteiger partial charge in [-0.25, -0.2) is 4.79 Å². The quantitative estimate of drug-likeness (QED) is 0.271. The fourth-order valence-corrected chi connectivity index (χ4v) is 2.40. The molecule has 0 bridgehead atoms. The minimum atomic E-state index is -0.460. The normalized spacial score (nSPS) is 13.1. The van der Waals surface area contributed by atoms with Crippen molar-refractivity contribution >= 4 is 6.09 Å². The summed E-state index contributed by atoms with van der Waals surface area (Å²) in [5.74, 6) is 0. The van der Waals surface area contributed by atoms with E-state index in [9.17, 15) is 4.79 Å². The van der Waals surface area contributed by atoms with E-state index in [2.05, 4.69) is 15.5 Å². The monoisotopic (exact) mass is 360 g/mol. The summed E-state index contributed by atoms with van der Waals surface area (Å²) >= 11 is 0. The molecule has 0 rings (SSSR count). The Kier molecular flexibility index (Phi) is 13.7. The van der Waals surface area contributed by atoms with Gasteiger partial charge in [-0.05, 0) is 33.6 Å². The molecule has 0 radical (unpaired) electrons. The first-order chi connectivity index (χ1) is 11.8. The van der Waals surface area contributed by atoms with Gasteiger partial charge in [0.05, 0.1) is 0 Å². The number of hydrogen-bond acceptors (Lipinski definition) is 7. The number of ether oxygens (including phenoxy) is 1. The van der Waals surface area contributed by atoms with E-state index in [4.69, 9.17) is 21.9 Å². The molecule has 150 valence electrons. The van der Waals surface area contributed by atoms with Gasteiger partial charge in [-0.1, -0.05) is 6.42 Å². The summed E-state index contributed by atoms with van der Waals surface area (Å²) in [6.45, 7) is 11.8. The van der Waals surface area contributed by atoms with Gasteiger partial charge in [0.2, 0.25) is 0 Å². The number of rotatable bonds is 14. The molecule has 1 unspecified atom stereocenters. The largest absolute Gasteiger partial charge is 0.444 e. The van der Waals surface area contributed by atoms with E-state index in [1.165, 1.54) is 0 Å². The maximum absolute atomic E-state index is 11.5. The van der Waals surface area contributed by atoms with Gasteiger partial charge in [-0.15, -0.1) is 0 Å². The van der Waals surface area contributed by atoms with E-state index in [0.717, 1.165) is 52.0 Å². The lowest BCUT2D eigenvalue weighted by molar-refractivity contribution is 0.0527. The van der Waals surface area contributed by atoms with Crippen molar-refractivity contribution in [2.24, 2.45) is 17.2 Å². The molecule has 1 atom stereocenters. The summed E-state index contributed by atoms with van der Waals surface area (Å²) in [5.41, 5.74) is 16.9. The molecule has 0 aliphatic rings. The average molecular weight is 361 g/mol. The number of alkyl carbamates (subject to hydrolysis) is 1. The third-order valence-electron chi connectivity index (χ3n) is 3.53. The number of carbonyl (C=O) groups excluding carboxylic acids is 1. The molecule has 0 saturated heterocycles. The average Bonchev–Trinajstić information content (AvgIpc) is 2.49. The van der Waals surface area contributed by atoms with Gasteiger partial charge in [-0.3, -0.25) is 4.90 Å². The summed E-state index contributed by atoms with van der Waals surface area (Å²) in [6, 6.07) is 0.114. The molecular formula is C17H40N6O2. The van der Waals surface area contributed by atoms with E-state index in [1.54, 1.807) is 0 Å². The predicted molar refractivity (Wildman–Crippen MR) is 103 cm³/mol. The molecule has 8 heteroatoms. The number of nitrogens with one attached hydrogen (secondary N) is 2. The highest BCUT2D eigenvalue weighted by atomic mass is 16.6. The number of carbonyl (C=O) groups is 1. The molecule has 0 aromatic heterocycles. The SMILES string of the molecule is CC(C)(C)OC(=O)NCCCCC(N)CN(CCN)CCNCCN. The van der Waals surface area contributed by atoms with Crippen LogP contribution in [0, 0.1) is 0 Å². The third-order valence-corrected chi connectivity index (χ3v) is 3.53. The highest BCUT2D eigenvalue weighted by Crippen LogP contribution is 2.06. The van der Waals surface area contributed by atoms with Gasteiger partial charge in [0.15, 0.2) is 0 Å². The van der Waals surface area contributed by atoms with Crippen LogP contribution in [0.2, 0.25) is 0 Å². The van der Waals surface area contributed by atoms with Gasteiger partial charge < -0.3 is 32.6 Å². The molecule has 8 N–H and O–H groups in total. The Hall–Kier alpha value is -0.930. The summed E-state index contributed by atoms with van der Waals surface area (Å²) in [4.78, 5) is 13.8. The van der Waals surface area contributed by atoms with E-state index >= 15 is 0 Å². The van der Waals surface area contributed by atoms with Gasteiger partial charge >= 0.3 is 6.09 Å². The lowest BCUT2D eigenvalue weighted by Gasteiger charge is -2.25. The minimum Gasteiger partial charge on any atom is -0.444 e. The number of hydrogen-bond donors (Lipinski definition) is 5. The number of nitrogens with two attached hydrogens (primary N) is 3. The molecule has 0 spiro atoms. The van der Waals surface area contributed by atoms with Gasteiger partial charge in [0.1, 0.15) is 5.60 Å². The standard InChI is InChI=1S/C17H40N6O2/c1-17(2,3)25-16(24)22-9-5-4-6-15(20)14-23(12-8-19)13-11-21-10-7-18/h15,21H,4-14,18-20H2,1-3H3,(H,22,24). The first-order valence-electron chi connectivity index (χ1n) is 9.34. The fourth-order valence-electron chi connectivity index (χ4n) is 2.40. The van der Waals surface area contributed by atoms with Gasteiger partial charge in [0.25, 0.3) is 0 Å². The van der Waals surface area contributed by atoms with Crippen molar-refractivity contribution < 1.29 is 9.53 Å². The van der Waals surface area contributed by atoms with Crippen LogP contribution in [0.5, 0.6) is 0 Å². The van der Waals surface area contributed by atoms with Crippen molar-refractivity contribution in [3.8, 4) is 0 Å². The Morgan fingerprint density at radius 2 is 1.80 bits per heavy atom. The van der Waals surface area contributed by atoms with Crippen LogP contribution < -0.4 is 27.8 Å². The predicted octanol–water partition coefficient (Wildman–Crippen LogP) is -0.182. The Bertz CT molecular complexity index is 336. The highest BCUT2D eigenvalue weighted by molar-refractivity contribution is 5.67. The number of nitrogens with zero attached hydrogens (tertiary/aromatic N) is 1. The lowest BCUT2D eigenvalue weighted by Crippen LogP contribution is -2.43. The third kappa shape index (κ3) is 16.3. The van der Waals surface area contributed by atoms with Crippen molar-refractivity contribution in [1.82, 2.24) is 15.5 Å². The maximum atomic E-state index is 11.5. The van der Waals surface area contributed by atoms with Crippen molar-refractivity contribution in [2.75, 3.05) is 52.4 Å². The Balaban J connectivity index is 3.80. The Morgan fingerprint density at radius 3 is 2.40 bits per heavy atom. The number of amides is 1. The van der Waals surface area contributed by atoms with Crippen LogP contribution in [0.25, 0.3) is 0 Å². The second-order valence-corrected chi connectivity index (χ2v) is 7.31. The molecule has 0 heterocycles. The lowest BCUT2D eigenvalue weighted by atomic mass is 10.1. The molecule has 0 aromatic rings. The molecule has 0 fully saturated rings. The molecule has 25 heavy (non-hydrogen) atoms. The molecule has 0 saturated carbocycles. The first-order valence-corrected chi connectivity index (χ1v) is 9.34. The van der Waals surface area contributed by atoms with Crippen LogP contribution in [-0.2, 0) is 4.74 Å². The Morgan fingerprint density at radius 1 is 1.08 bits per heavy atom. The van der Waals surface area contributed by atoms with Crippen molar-refractivity contribution in [1.29, 1.82) is 0 Å². The molecular weight excluding hydrogens is 320 g/mol. The Labute approximate surface area is 153 Å². The van der Waals surface area contributed by atoms with Crippen LogP contribution in [0.1, 0.15) is 40.0 Å². The molecule has 1 amide bonds. The fraction of sp³-hybridized carbons (Fsp3) is 0.941. The first kappa shape index (κ1) is 24.1. The zero-order valence-electron chi connectivity index (χ0n) is 16.4. The summed E-state index contributed by atoms with van der Waals surface area (Å²) in [5, 5.41) is 6.05. The van der Waals surface area contributed by atoms with Crippen molar-refractivity contribution in [3.63, 3.8) is 0 Å². The second kappa shape index (κ2) is 14.3. The topological polar surface area (TPSA) is 132 Å². The van der Waals surface area contributed by atoms with Crippen LogP contribution in [0.4, 0.5) is 4.79 Å². The summed E-state index contributed by atoms with van der Waals surface area (Å²) in [7, 11) is 0. The molecule has 0 aliphatic carbocycles. The van der Waals surface area contributed by atoms with Gasteiger partial charge in [-0.2, -0.15) is 0 Å². The van der Waals surface area contributed by atoms with Crippen LogP contribution >= 0.6 is 0 Å². The molecule has 8 nitrogen and oxygen atoms in total. The van der Waals surface area contributed by atoms with Crippen molar-refractivity contribution in [2.45, 2.75) is 51.7 Å². The number of unbranched alkanes of at least 4 members (excludes halogenated alkanes) is 1. The van der Waals surface area contributed by atoms with Crippen molar-refractivity contribution in [3.05, 3.63) is 0 Å². The van der Waals surface area contributed by atoms with E-state index in [0.29, 0.717) is 19.6 Å². The molecule has 0 aromatic carbocycles. The highest BCUT2D eigenvalue weighted by Gasteiger charge is 2.15. The van der Waals surface area contributed by atoms with E-state index < -0.39 is 5.60 Å². The summed E-state index contributed by atoms with van der Waals surface area (Å²) < 4.78 is 5.19. The second-order valence-electron chi connectivity index (χ2n) is 7.31.